The van der Waals surface area contributed by atoms with E-state index in [4.69, 9.17) is 9.47 Å². The number of non-ortho nitro benzene ring substituents is 1. The van der Waals surface area contributed by atoms with E-state index < -0.39 is 15.5 Å². The molecule has 0 aliphatic heterocycles. The van der Waals surface area contributed by atoms with Gasteiger partial charge in [0.05, 0.1) is 22.5 Å². The molecule has 0 fully saturated rings. The minimum Gasteiger partial charge on any atom is -0.494 e. The molecule has 2 aromatic carbocycles. The van der Waals surface area contributed by atoms with E-state index in [-0.39, 0.29) is 18.0 Å². The molecule has 0 aliphatic rings. The van der Waals surface area contributed by atoms with E-state index in [9.17, 15) is 20.2 Å². The molecule has 0 spiro atoms. The van der Waals surface area contributed by atoms with Gasteiger partial charge in [0.15, 0.2) is 5.75 Å². The van der Waals surface area contributed by atoms with Crippen molar-refractivity contribution in [3.8, 4) is 11.5 Å². The molecular weight excluding hydrogens is 424 g/mol. The Bertz CT molecular complexity index is 870. The Hall–Kier alpha value is -3.16. The fourth-order valence-electron chi connectivity index (χ4n) is 3.51. The number of ether oxygens (including phenoxy) is 2. The molecule has 0 N–H and O–H groups in total. The number of unbranched alkanes of at least 4 members (excludes halogenated alkanes) is 9. The van der Waals surface area contributed by atoms with Crippen LogP contribution in [0.3, 0.4) is 0 Å². The van der Waals surface area contributed by atoms with Crippen LogP contribution in [0.4, 0.5) is 11.4 Å². The maximum absolute atomic E-state index is 11.2. The Kier molecular flexibility index (Phi) is 11.7. The van der Waals surface area contributed by atoms with E-state index in [0.717, 1.165) is 23.8 Å². The Balaban J connectivity index is 1.66. The maximum atomic E-state index is 11.2. The van der Waals surface area contributed by atoms with Gasteiger partial charge in [-0.3, -0.25) is 20.2 Å². The van der Waals surface area contributed by atoms with Crippen LogP contribution < -0.4 is 9.47 Å². The maximum Gasteiger partial charge on any atom is 0.317 e. The number of rotatable bonds is 17. The number of nitro benzene ring substituents is 2. The summed E-state index contributed by atoms with van der Waals surface area (Å²) in [6, 6.07) is 10.7. The summed E-state index contributed by atoms with van der Waals surface area (Å²) in [6.07, 6.45) is 12.8. The summed E-state index contributed by atoms with van der Waals surface area (Å²) >= 11 is 0. The van der Waals surface area contributed by atoms with Gasteiger partial charge < -0.3 is 9.47 Å². The number of hydrogen-bond donors (Lipinski definition) is 0. The lowest BCUT2D eigenvalue weighted by atomic mass is 10.1. The Morgan fingerprint density at radius 1 is 0.727 bits per heavy atom. The smallest absolute Gasteiger partial charge is 0.317 e. The fraction of sp³-hybridized carbons (Fsp3) is 0.520. The highest BCUT2D eigenvalue weighted by atomic mass is 16.6. The molecule has 0 bridgehead atoms. The third kappa shape index (κ3) is 9.89. The summed E-state index contributed by atoms with van der Waals surface area (Å²) in [5.41, 5.74) is 0.0348. The quantitative estimate of drug-likeness (QED) is 0.139. The van der Waals surface area contributed by atoms with Crippen LogP contribution in [0, 0.1) is 20.2 Å². The lowest BCUT2D eigenvalue weighted by Crippen LogP contribution is -2.01. The van der Waals surface area contributed by atoms with Gasteiger partial charge in [-0.15, -0.1) is 0 Å². The van der Waals surface area contributed by atoms with Crippen LogP contribution >= 0.6 is 0 Å². The molecule has 0 radical (unpaired) electrons. The second-order valence-electron chi connectivity index (χ2n) is 8.13. The first-order valence-corrected chi connectivity index (χ1v) is 11.8. The summed E-state index contributed by atoms with van der Waals surface area (Å²) in [5.74, 6) is 0.767. The molecular formula is C25H34N2O6. The first-order valence-electron chi connectivity index (χ1n) is 11.8. The zero-order valence-corrected chi connectivity index (χ0v) is 19.4. The summed E-state index contributed by atoms with van der Waals surface area (Å²) < 4.78 is 11.3. The Morgan fingerprint density at radius 2 is 1.33 bits per heavy atom. The van der Waals surface area contributed by atoms with Gasteiger partial charge in [0.2, 0.25) is 0 Å². The first kappa shape index (κ1) is 26.1. The van der Waals surface area contributed by atoms with Gasteiger partial charge in [-0.25, -0.2) is 0 Å². The number of hydrogen-bond acceptors (Lipinski definition) is 6. The molecule has 0 unspecified atom stereocenters. The zero-order chi connectivity index (χ0) is 23.9. The van der Waals surface area contributed by atoms with Gasteiger partial charge in [0.25, 0.3) is 5.69 Å². The molecule has 8 heteroatoms. The third-order valence-electron chi connectivity index (χ3n) is 5.43. The van der Waals surface area contributed by atoms with E-state index in [0.29, 0.717) is 6.61 Å². The molecule has 2 aromatic rings. The van der Waals surface area contributed by atoms with Crippen LogP contribution in [-0.2, 0) is 6.61 Å². The van der Waals surface area contributed by atoms with Crippen molar-refractivity contribution in [1.82, 2.24) is 0 Å². The molecule has 2 rings (SSSR count). The summed E-state index contributed by atoms with van der Waals surface area (Å²) in [5, 5.41) is 22.0. The van der Waals surface area contributed by atoms with Gasteiger partial charge in [-0.2, -0.15) is 0 Å². The average molecular weight is 459 g/mol. The number of nitro groups is 2. The molecule has 0 saturated carbocycles. The Morgan fingerprint density at radius 3 is 1.91 bits per heavy atom. The molecule has 33 heavy (non-hydrogen) atoms. The second-order valence-corrected chi connectivity index (χ2v) is 8.13. The van der Waals surface area contributed by atoms with Crippen molar-refractivity contribution in [1.29, 1.82) is 0 Å². The normalized spacial score (nSPS) is 10.7. The molecule has 0 aliphatic carbocycles. The average Bonchev–Trinajstić information content (AvgIpc) is 2.81. The van der Waals surface area contributed by atoms with E-state index >= 15 is 0 Å². The van der Waals surface area contributed by atoms with Gasteiger partial charge in [-0.1, -0.05) is 76.8 Å². The molecule has 0 amide bonds. The molecule has 180 valence electrons. The Labute approximate surface area is 195 Å². The topological polar surface area (TPSA) is 105 Å². The highest BCUT2D eigenvalue weighted by Crippen LogP contribution is 2.31. The van der Waals surface area contributed by atoms with Crippen molar-refractivity contribution in [2.45, 2.75) is 77.7 Å². The van der Waals surface area contributed by atoms with Crippen LogP contribution in [0.5, 0.6) is 11.5 Å². The molecule has 0 saturated heterocycles. The molecule has 8 nitrogen and oxygen atoms in total. The van der Waals surface area contributed by atoms with Crippen LogP contribution in [0.2, 0.25) is 0 Å². The molecule has 0 heterocycles. The van der Waals surface area contributed by atoms with Crippen molar-refractivity contribution in [2.24, 2.45) is 0 Å². The van der Waals surface area contributed by atoms with Gasteiger partial charge in [0.1, 0.15) is 12.4 Å². The SMILES string of the molecule is CCCCCCCCCCCCOc1ccc(COc2ccc([N+](=O)[O-])cc2[N+](=O)[O-])cc1. The van der Waals surface area contributed by atoms with E-state index in [2.05, 4.69) is 6.92 Å². The van der Waals surface area contributed by atoms with Crippen LogP contribution in [-0.4, -0.2) is 16.5 Å². The lowest BCUT2D eigenvalue weighted by Gasteiger charge is -2.09. The third-order valence-corrected chi connectivity index (χ3v) is 5.43. The minimum absolute atomic E-state index is 0.00751. The zero-order valence-electron chi connectivity index (χ0n) is 19.4. The molecule has 0 atom stereocenters. The van der Waals surface area contributed by atoms with Crippen LogP contribution in [0.25, 0.3) is 0 Å². The van der Waals surface area contributed by atoms with E-state index in [1.54, 1.807) is 0 Å². The highest BCUT2D eigenvalue weighted by Gasteiger charge is 2.20. The lowest BCUT2D eigenvalue weighted by molar-refractivity contribution is -0.394. The minimum atomic E-state index is -0.688. The van der Waals surface area contributed by atoms with Gasteiger partial charge in [-0.05, 0) is 30.2 Å². The first-order chi connectivity index (χ1) is 16.0. The van der Waals surface area contributed by atoms with Crippen molar-refractivity contribution < 1.29 is 19.3 Å². The van der Waals surface area contributed by atoms with Crippen molar-refractivity contribution in [3.63, 3.8) is 0 Å². The summed E-state index contributed by atoms with van der Waals surface area (Å²) in [7, 11) is 0. The standard InChI is InChI=1S/C25H34N2O6/c1-2-3-4-5-6-7-8-9-10-11-18-32-23-15-12-21(13-16-23)20-33-25-17-14-22(26(28)29)19-24(25)27(30)31/h12-17,19H,2-11,18,20H2,1H3. The van der Waals surface area contributed by atoms with E-state index in [1.165, 1.54) is 69.9 Å². The largest absolute Gasteiger partial charge is 0.494 e. The fourth-order valence-corrected chi connectivity index (χ4v) is 3.51. The van der Waals surface area contributed by atoms with E-state index in [1.807, 2.05) is 24.3 Å². The molecule has 0 aromatic heterocycles. The van der Waals surface area contributed by atoms with Gasteiger partial charge >= 0.3 is 5.69 Å². The van der Waals surface area contributed by atoms with Crippen molar-refractivity contribution in [3.05, 3.63) is 68.3 Å². The highest BCUT2D eigenvalue weighted by molar-refractivity contribution is 5.53. The number of benzene rings is 2. The summed E-state index contributed by atoms with van der Waals surface area (Å²) in [6.45, 7) is 3.03. The van der Waals surface area contributed by atoms with Gasteiger partial charge in [0, 0.05) is 6.07 Å². The van der Waals surface area contributed by atoms with Crippen LogP contribution in [0.15, 0.2) is 42.5 Å². The predicted octanol–water partition coefficient (Wildman–Crippen LogP) is 7.38. The predicted molar refractivity (Wildman–Crippen MR) is 128 cm³/mol. The van der Waals surface area contributed by atoms with Crippen molar-refractivity contribution >= 4 is 11.4 Å². The second kappa shape index (κ2) is 14.8. The van der Waals surface area contributed by atoms with Crippen molar-refractivity contribution in [2.75, 3.05) is 6.61 Å². The monoisotopic (exact) mass is 458 g/mol. The summed E-state index contributed by atoms with van der Waals surface area (Å²) in [4.78, 5) is 20.6. The van der Waals surface area contributed by atoms with Crippen LogP contribution in [0.1, 0.15) is 76.7 Å². The number of nitrogens with zero attached hydrogens (tertiary/aromatic N) is 2.